The van der Waals surface area contributed by atoms with Gasteiger partial charge in [-0.15, -0.1) is 0 Å². The van der Waals surface area contributed by atoms with Crippen LogP contribution >= 0.6 is 0 Å². The topological polar surface area (TPSA) is 61.3 Å². The van der Waals surface area contributed by atoms with Crippen molar-refractivity contribution in [3.8, 4) is 11.4 Å². The minimum Gasteiger partial charge on any atom is -0.353 e. The Labute approximate surface area is 208 Å². The second kappa shape index (κ2) is 10.1. The SMILES string of the molecule is Cc1cccc(-c2nc(N3CC=CCCC3)nc(N3CCN(c4ncccc4C(F)(F)F)CC3)n2)c1. The number of pyridine rings is 1. The first-order chi connectivity index (χ1) is 17.4. The van der Waals surface area contributed by atoms with Gasteiger partial charge < -0.3 is 14.7 Å². The van der Waals surface area contributed by atoms with Crippen LogP contribution in [0.2, 0.25) is 0 Å². The molecule has 0 saturated carbocycles. The molecule has 3 aromatic rings. The molecule has 0 bridgehead atoms. The lowest BCUT2D eigenvalue weighted by Gasteiger charge is -2.36. The maximum atomic E-state index is 13.5. The zero-order valence-electron chi connectivity index (χ0n) is 20.1. The lowest BCUT2D eigenvalue weighted by Crippen LogP contribution is -2.48. The van der Waals surface area contributed by atoms with E-state index in [1.54, 1.807) is 4.90 Å². The van der Waals surface area contributed by atoms with E-state index in [1.165, 1.54) is 12.3 Å². The zero-order chi connectivity index (χ0) is 25.1. The van der Waals surface area contributed by atoms with Crippen LogP contribution in [0.5, 0.6) is 0 Å². The van der Waals surface area contributed by atoms with E-state index in [4.69, 9.17) is 15.0 Å². The molecule has 0 N–H and O–H groups in total. The molecular weight excluding hydrogens is 467 g/mol. The molecule has 188 valence electrons. The second-order valence-electron chi connectivity index (χ2n) is 9.03. The Morgan fingerprint density at radius 3 is 2.31 bits per heavy atom. The molecule has 0 aliphatic carbocycles. The molecule has 5 rings (SSSR count). The van der Waals surface area contributed by atoms with Crippen LogP contribution in [0, 0.1) is 6.92 Å². The van der Waals surface area contributed by atoms with Crippen LogP contribution in [0.15, 0.2) is 54.7 Å². The fraction of sp³-hybridized carbons (Fsp3) is 0.385. The summed E-state index contributed by atoms with van der Waals surface area (Å²) in [6.07, 6.45) is 3.30. The summed E-state index contributed by atoms with van der Waals surface area (Å²) in [5.74, 6) is 1.73. The van der Waals surface area contributed by atoms with Crippen molar-refractivity contribution < 1.29 is 13.2 Å². The molecule has 0 spiro atoms. The highest BCUT2D eigenvalue weighted by Gasteiger charge is 2.36. The first kappa shape index (κ1) is 24.0. The highest BCUT2D eigenvalue weighted by atomic mass is 19.4. The molecule has 2 aliphatic rings. The number of piperazine rings is 1. The molecule has 1 fully saturated rings. The summed E-state index contributed by atoms with van der Waals surface area (Å²) in [4.78, 5) is 24.3. The van der Waals surface area contributed by atoms with Crippen molar-refractivity contribution >= 4 is 17.7 Å². The lowest BCUT2D eigenvalue weighted by molar-refractivity contribution is -0.137. The fourth-order valence-electron chi connectivity index (χ4n) is 4.53. The van der Waals surface area contributed by atoms with Gasteiger partial charge in [-0.2, -0.15) is 28.1 Å². The average Bonchev–Trinajstić information content (AvgIpc) is 3.18. The third kappa shape index (κ3) is 5.27. The number of alkyl halides is 3. The number of halogens is 3. The van der Waals surface area contributed by atoms with Crippen LogP contribution in [0.4, 0.5) is 30.9 Å². The van der Waals surface area contributed by atoms with Crippen LogP contribution in [0.25, 0.3) is 11.4 Å². The highest BCUT2D eigenvalue weighted by Crippen LogP contribution is 2.35. The quantitative estimate of drug-likeness (QED) is 0.485. The number of hydrogen-bond donors (Lipinski definition) is 0. The van der Waals surface area contributed by atoms with E-state index in [2.05, 4.69) is 22.0 Å². The number of allylic oxidation sites excluding steroid dienone is 1. The Bertz CT molecular complexity index is 1240. The monoisotopic (exact) mass is 495 g/mol. The summed E-state index contributed by atoms with van der Waals surface area (Å²) in [7, 11) is 0. The van der Waals surface area contributed by atoms with Crippen LogP contribution in [-0.4, -0.2) is 59.2 Å². The summed E-state index contributed by atoms with van der Waals surface area (Å²) in [6, 6.07) is 10.4. The van der Waals surface area contributed by atoms with Crippen molar-refractivity contribution in [2.24, 2.45) is 0 Å². The molecule has 10 heteroatoms. The van der Waals surface area contributed by atoms with Crippen LogP contribution in [0.3, 0.4) is 0 Å². The number of nitrogens with zero attached hydrogens (tertiary/aromatic N) is 7. The van der Waals surface area contributed by atoms with Crippen molar-refractivity contribution in [3.63, 3.8) is 0 Å². The van der Waals surface area contributed by atoms with Gasteiger partial charge in [0.1, 0.15) is 5.82 Å². The van der Waals surface area contributed by atoms with E-state index in [1.807, 2.05) is 36.1 Å². The Morgan fingerprint density at radius 2 is 1.56 bits per heavy atom. The van der Waals surface area contributed by atoms with Gasteiger partial charge in [0.15, 0.2) is 5.82 Å². The maximum absolute atomic E-state index is 13.5. The van der Waals surface area contributed by atoms with Gasteiger partial charge in [0, 0.05) is 51.0 Å². The van der Waals surface area contributed by atoms with Crippen molar-refractivity contribution in [1.82, 2.24) is 19.9 Å². The van der Waals surface area contributed by atoms with E-state index < -0.39 is 11.7 Å². The molecule has 0 atom stereocenters. The zero-order valence-corrected chi connectivity index (χ0v) is 20.1. The summed E-state index contributed by atoms with van der Waals surface area (Å²) in [5.41, 5.74) is 1.31. The predicted octanol–water partition coefficient (Wildman–Crippen LogP) is 4.74. The maximum Gasteiger partial charge on any atom is 0.419 e. The smallest absolute Gasteiger partial charge is 0.353 e. The second-order valence-corrected chi connectivity index (χ2v) is 9.03. The first-order valence-electron chi connectivity index (χ1n) is 12.1. The third-order valence-electron chi connectivity index (χ3n) is 6.42. The third-order valence-corrected chi connectivity index (χ3v) is 6.42. The molecule has 2 aliphatic heterocycles. The molecule has 0 amide bonds. The van der Waals surface area contributed by atoms with Crippen molar-refractivity contribution in [2.75, 3.05) is 54.0 Å². The number of benzene rings is 1. The van der Waals surface area contributed by atoms with E-state index >= 15 is 0 Å². The van der Waals surface area contributed by atoms with Crippen molar-refractivity contribution in [1.29, 1.82) is 0 Å². The van der Waals surface area contributed by atoms with Crippen LogP contribution in [0.1, 0.15) is 24.0 Å². The van der Waals surface area contributed by atoms with E-state index in [9.17, 15) is 13.2 Å². The molecule has 4 heterocycles. The van der Waals surface area contributed by atoms with Gasteiger partial charge in [0.2, 0.25) is 11.9 Å². The largest absolute Gasteiger partial charge is 0.419 e. The summed E-state index contributed by atoms with van der Waals surface area (Å²) in [5, 5.41) is 0. The number of anilines is 3. The molecule has 0 radical (unpaired) electrons. The molecule has 0 unspecified atom stereocenters. The number of rotatable bonds is 4. The summed E-state index contributed by atoms with van der Waals surface area (Å²) < 4.78 is 40.5. The van der Waals surface area contributed by atoms with E-state index in [0.29, 0.717) is 43.9 Å². The highest BCUT2D eigenvalue weighted by molar-refractivity contribution is 5.60. The van der Waals surface area contributed by atoms with Crippen molar-refractivity contribution in [3.05, 3.63) is 65.9 Å². The minimum absolute atomic E-state index is 0.0298. The van der Waals surface area contributed by atoms with Gasteiger partial charge in [-0.1, -0.05) is 35.9 Å². The van der Waals surface area contributed by atoms with Gasteiger partial charge in [-0.3, -0.25) is 0 Å². The van der Waals surface area contributed by atoms with Gasteiger partial charge in [0.05, 0.1) is 5.56 Å². The lowest BCUT2D eigenvalue weighted by atomic mass is 10.1. The van der Waals surface area contributed by atoms with Gasteiger partial charge in [-0.05, 0) is 38.0 Å². The van der Waals surface area contributed by atoms with E-state index in [-0.39, 0.29) is 5.82 Å². The predicted molar refractivity (Wildman–Crippen MR) is 134 cm³/mol. The molecule has 1 aromatic carbocycles. The molecule has 1 saturated heterocycles. The number of hydrogen-bond acceptors (Lipinski definition) is 7. The summed E-state index contributed by atoms with van der Waals surface area (Å²) >= 11 is 0. The van der Waals surface area contributed by atoms with E-state index in [0.717, 1.165) is 43.1 Å². The average molecular weight is 496 g/mol. The molecular formula is C26H28F3N7. The molecule has 36 heavy (non-hydrogen) atoms. The van der Waals surface area contributed by atoms with Crippen LogP contribution in [-0.2, 0) is 6.18 Å². The molecule has 7 nitrogen and oxygen atoms in total. The first-order valence-corrected chi connectivity index (χ1v) is 12.1. The minimum atomic E-state index is -4.45. The Hall–Kier alpha value is -3.69. The normalized spacial score (nSPS) is 16.8. The molecule has 2 aromatic heterocycles. The van der Waals surface area contributed by atoms with Gasteiger partial charge >= 0.3 is 6.18 Å². The summed E-state index contributed by atoms with van der Waals surface area (Å²) in [6.45, 7) is 5.32. The van der Waals surface area contributed by atoms with Gasteiger partial charge in [0.25, 0.3) is 0 Å². The Morgan fingerprint density at radius 1 is 0.806 bits per heavy atom. The Balaban J connectivity index is 1.43. The number of aryl methyl sites for hydroxylation is 1. The van der Waals surface area contributed by atoms with Gasteiger partial charge in [-0.25, -0.2) is 4.98 Å². The van der Waals surface area contributed by atoms with Crippen molar-refractivity contribution in [2.45, 2.75) is 25.9 Å². The number of aromatic nitrogens is 4. The fourth-order valence-corrected chi connectivity index (χ4v) is 4.53. The van der Waals surface area contributed by atoms with Crippen LogP contribution < -0.4 is 14.7 Å². The standard InChI is InChI=1S/C26H28F3N7/c1-19-8-6-9-20(18-19)22-31-24(35-12-4-2-3-5-13-35)33-25(32-22)36-16-14-34(15-17-36)23-21(26(27,28)29)10-7-11-30-23/h2,4,6-11,18H,3,5,12-17H2,1H3. The Kier molecular flexibility index (Phi) is 6.75.